The lowest BCUT2D eigenvalue weighted by Crippen LogP contribution is -2.30. The molecule has 0 spiro atoms. The fraction of sp³-hybridized carbons (Fsp3) is 0.400. The Morgan fingerprint density at radius 1 is 1.42 bits per heavy atom. The second-order valence-electron chi connectivity index (χ2n) is 7.12. The molecule has 1 atom stereocenters. The molecule has 3 aromatic rings. The van der Waals surface area contributed by atoms with Crippen molar-refractivity contribution in [1.29, 1.82) is 0 Å². The number of aromatic nitrogens is 3. The Hall–Kier alpha value is -2.76. The summed E-state index contributed by atoms with van der Waals surface area (Å²) in [6.07, 6.45) is 8.38. The van der Waals surface area contributed by atoms with Crippen molar-refractivity contribution in [2.75, 3.05) is 20.2 Å². The van der Waals surface area contributed by atoms with E-state index in [0.717, 1.165) is 48.1 Å². The molecule has 1 fully saturated rings. The van der Waals surface area contributed by atoms with Gasteiger partial charge in [0, 0.05) is 43.4 Å². The molecule has 1 saturated heterocycles. The average Bonchev–Trinajstić information content (AvgIpc) is 3.36. The van der Waals surface area contributed by atoms with Crippen LogP contribution in [0.5, 0.6) is 5.75 Å². The molecule has 1 amide bonds. The number of aromatic amines is 1. The zero-order valence-corrected chi connectivity index (χ0v) is 15.2. The number of likely N-dealkylation sites (tertiary alicyclic amines) is 1. The van der Waals surface area contributed by atoms with Gasteiger partial charge < -0.3 is 14.6 Å². The van der Waals surface area contributed by atoms with Crippen LogP contribution in [0.3, 0.4) is 0 Å². The van der Waals surface area contributed by atoms with Crippen LogP contribution in [-0.4, -0.2) is 45.8 Å². The summed E-state index contributed by atoms with van der Waals surface area (Å²) in [5.74, 6) is 1.53. The van der Waals surface area contributed by atoms with Crippen molar-refractivity contribution in [2.45, 2.75) is 19.3 Å². The highest BCUT2D eigenvalue weighted by molar-refractivity contribution is 5.89. The van der Waals surface area contributed by atoms with Gasteiger partial charge in [-0.1, -0.05) is 0 Å². The summed E-state index contributed by atoms with van der Waals surface area (Å²) in [5, 5.41) is 5.29. The van der Waals surface area contributed by atoms with Crippen LogP contribution >= 0.6 is 0 Å². The third-order valence-electron chi connectivity index (χ3n) is 5.24. The number of benzene rings is 1. The van der Waals surface area contributed by atoms with Gasteiger partial charge in [-0.15, -0.1) is 0 Å². The number of amides is 1. The molecule has 4 rings (SSSR count). The number of H-pyrrole nitrogens is 1. The number of nitrogens with one attached hydrogen (secondary N) is 1. The van der Waals surface area contributed by atoms with E-state index in [1.165, 1.54) is 5.56 Å². The minimum atomic E-state index is 0.197. The second-order valence-corrected chi connectivity index (χ2v) is 7.12. The zero-order chi connectivity index (χ0) is 18.1. The van der Waals surface area contributed by atoms with Gasteiger partial charge in [-0.3, -0.25) is 9.48 Å². The van der Waals surface area contributed by atoms with Gasteiger partial charge in [0.25, 0.3) is 0 Å². The van der Waals surface area contributed by atoms with Crippen LogP contribution in [0, 0.1) is 5.92 Å². The van der Waals surface area contributed by atoms with Gasteiger partial charge in [-0.2, -0.15) is 5.10 Å². The third-order valence-corrected chi connectivity index (χ3v) is 5.24. The van der Waals surface area contributed by atoms with Crippen LogP contribution in [0.2, 0.25) is 0 Å². The Labute approximate surface area is 152 Å². The molecule has 26 heavy (non-hydrogen) atoms. The molecular weight excluding hydrogens is 328 g/mol. The first-order valence-corrected chi connectivity index (χ1v) is 9.01. The van der Waals surface area contributed by atoms with Gasteiger partial charge in [0.1, 0.15) is 5.75 Å². The molecule has 0 bridgehead atoms. The number of rotatable bonds is 5. The lowest BCUT2D eigenvalue weighted by Gasteiger charge is -2.16. The molecule has 1 N–H and O–H groups in total. The lowest BCUT2D eigenvalue weighted by molar-refractivity contribution is -0.129. The summed E-state index contributed by atoms with van der Waals surface area (Å²) in [6.45, 7) is 1.68. The Balaban J connectivity index is 1.41. The number of carbonyl (C=O) groups is 1. The van der Waals surface area contributed by atoms with E-state index in [0.29, 0.717) is 12.3 Å². The quantitative estimate of drug-likeness (QED) is 0.767. The van der Waals surface area contributed by atoms with Crippen LogP contribution in [-0.2, 0) is 24.7 Å². The van der Waals surface area contributed by atoms with Gasteiger partial charge in [-0.25, -0.2) is 0 Å². The van der Waals surface area contributed by atoms with Crippen molar-refractivity contribution < 1.29 is 9.53 Å². The van der Waals surface area contributed by atoms with Gasteiger partial charge >= 0.3 is 0 Å². The van der Waals surface area contributed by atoms with E-state index in [1.54, 1.807) is 7.11 Å². The van der Waals surface area contributed by atoms with Crippen LogP contribution in [0.15, 0.2) is 36.8 Å². The van der Waals surface area contributed by atoms with Gasteiger partial charge in [0.05, 0.1) is 19.7 Å². The molecule has 6 nitrogen and oxygen atoms in total. The Kier molecular flexibility index (Phi) is 4.41. The first kappa shape index (κ1) is 16.7. The summed E-state index contributed by atoms with van der Waals surface area (Å²) in [6, 6.07) is 5.90. The molecule has 0 saturated carbocycles. The van der Waals surface area contributed by atoms with E-state index in [2.05, 4.69) is 16.3 Å². The van der Waals surface area contributed by atoms with Crippen LogP contribution in [0.25, 0.3) is 10.9 Å². The molecule has 2 aromatic heterocycles. The van der Waals surface area contributed by atoms with Crippen molar-refractivity contribution in [1.82, 2.24) is 19.7 Å². The Morgan fingerprint density at radius 2 is 2.31 bits per heavy atom. The standard InChI is InChI=1S/C20H24N4O2/c1-23-12-15(10-22-23)7-14-5-6-24(13-14)20(25)8-16-11-21-19-4-3-17(26-2)9-18(16)19/h3-4,9-12,14,21H,5-8,13H2,1-2H3. The molecular formula is C20H24N4O2. The number of carbonyl (C=O) groups excluding carboxylic acids is 1. The molecule has 0 aliphatic carbocycles. The summed E-state index contributed by atoms with van der Waals surface area (Å²) in [5.41, 5.74) is 3.31. The molecule has 6 heteroatoms. The van der Waals surface area contributed by atoms with E-state index >= 15 is 0 Å². The Bertz CT molecular complexity index is 927. The highest BCUT2D eigenvalue weighted by Gasteiger charge is 2.27. The minimum Gasteiger partial charge on any atom is -0.497 e. The maximum Gasteiger partial charge on any atom is 0.227 e. The maximum absolute atomic E-state index is 12.8. The zero-order valence-electron chi connectivity index (χ0n) is 15.2. The number of nitrogens with zero attached hydrogens (tertiary/aromatic N) is 3. The van der Waals surface area contributed by atoms with E-state index in [1.807, 2.05) is 47.2 Å². The van der Waals surface area contributed by atoms with Crippen molar-refractivity contribution in [3.8, 4) is 5.75 Å². The summed E-state index contributed by atoms with van der Waals surface area (Å²) < 4.78 is 7.14. The fourth-order valence-electron chi connectivity index (χ4n) is 3.84. The number of hydrogen-bond donors (Lipinski definition) is 1. The summed E-state index contributed by atoms with van der Waals surface area (Å²) in [7, 11) is 3.59. The average molecular weight is 352 g/mol. The van der Waals surface area contributed by atoms with Crippen LogP contribution < -0.4 is 4.74 Å². The molecule has 1 aromatic carbocycles. The van der Waals surface area contributed by atoms with Gasteiger partial charge in [0.15, 0.2) is 0 Å². The molecule has 0 radical (unpaired) electrons. The summed E-state index contributed by atoms with van der Waals surface area (Å²) >= 11 is 0. The number of methoxy groups -OCH3 is 1. The first-order valence-electron chi connectivity index (χ1n) is 9.01. The minimum absolute atomic E-state index is 0.197. The lowest BCUT2D eigenvalue weighted by atomic mass is 10.0. The highest BCUT2D eigenvalue weighted by Crippen LogP contribution is 2.26. The topological polar surface area (TPSA) is 63.2 Å². The third kappa shape index (κ3) is 3.31. The fourth-order valence-corrected chi connectivity index (χ4v) is 3.84. The monoisotopic (exact) mass is 352 g/mol. The molecule has 3 heterocycles. The van der Waals surface area contributed by atoms with Crippen molar-refractivity contribution in [2.24, 2.45) is 13.0 Å². The number of fused-ring (bicyclic) bond motifs is 1. The molecule has 1 aliphatic heterocycles. The van der Waals surface area contributed by atoms with Crippen molar-refractivity contribution >= 4 is 16.8 Å². The van der Waals surface area contributed by atoms with Crippen LogP contribution in [0.1, 0.15) is 17.5 Å². The molecule has 1 unspecified atom stereocenters. The molecule has 136 valence electrons. The van der Waals surface area contributed by atoms with E-state index < -0.39 is 0 Å². The summed E-state index contributed by atoms with van der Waals surface area (Å²) in [4.78, 5) is 18.0. The van der Waals surface area contributed by atoms with Gasteiger partial charge in [0.2, 0.25) is 5.91 Å². The number of aryl methyl sites for hydroxylation is 1. The predicted molar refractivity (Wildman–Crippen MR) is 100 cm³/mol. The maximum atomic E-state index is 12.8. The van der Waals surface area contributed by atoms with Crippen molar-refractivity contribution in [3.05, 3.63) is 47.9 Å². The van der Waals surface area contributed by atoms with Gasteiger partial charge in [-0.05, 0) is 48.1 Å². The molecule has 1 aliphatic rings. The Morgan fingerprint density at radius 3 is 3.08 bits per heavy atom. The first-order chi connectivity index (χ1) is 12.6. The smallest absolute Gasteiger partial charge is 0.227 e. The highest BCUT2D eigenvalue weighted by atomic mass is 16.5. The van der Waals surface area contributed by atoms with E-state index in [-0.39, 0.29) is 5.91 Å². The second kappa shape index (κ2) is 6.86. The van der Waals surface area contributed by atoms with E-state index in [4.69, 9.17) is 4.74 Å². The van der Waals surface area contributed by atoms with E-state index in [9.17, 15) is 4.79 Å². The normalized spacial score (nSPS) is 17.2. The SMILES string of the molecule is COc1ccc2[nH]cc(CC(=O)N3CCC(Cc4cnn(C)c4)C3)c2c1. The number of ether oxygens (including phenoxy) is 1. The van der Waals surface area contributed by atoms with Crippen LogP contribution in [0.4, 0.5) is 0 Å². The predicted octanol–water partition coefficient (Wildman–Crippen LogP) is 2.54. The largest absolute Gasteiger partial charge is 0.497 e. The number of hydrogen-bond acceptors (Lipinski definition) is 3. The van der Waals surface area contributed by atoms with Crippen molar-refractivity contribution in [3.63, 3.8) is 0 Å².